The third-order valence-electron chi connectivity index (χ3n) is 4.00. The Kier molecular flexibility index (Phi) is 8.52. The normalized spacial score (nSPS) is 15.8. The molecular weight excluding hydrogens is 589 g/mol. The van der Waals surface area contributed by atoms with Gasteiger partial charge in [0.1, 0.15) is 6.54 Å². The number of carboxylic acids is 1. The molecule has 0 saturated carbocycles. The first-order chi connectivity index (χ1) is 15.4. The number of carboxylic acid groups (broad SMARTS) is 1. The first-order valence-corrected chi connectivity index (χ1v) is 9.35. The Labute approximate surface area is 187 Å². The van der Waals surface area contributed by atoms with Gasteiger partial charge in [-0.3, -0.25) is 4.79 Å². The summed E-state index contributed by atoms with van der Waals surface area (Å²) in [4.78, 5) is 10.5. The van der Waals surface area contributed by atoms with Gasteiger partial charge in [0.25, 0.3) is 10.0 Å². The van der Waals surface area contributed by atoms with Crippen molar-refractivity contribution < 1.29 is 93.0 Å². The third-order valence-corrected chi connectivity index (χ3v) is 5.86. The van der Waals surface area contributed by atoms with Gasteiger partial charge in [0.15, 0.2) is 0 Å². The molecule has 5 nitrogen and oxygen atoms in total. The Bertz CT molecular complexity index is 956. The Balaban J connectivity index is 7.10. The molecule has 0 aliphatic rings. The van der Waals surface area contributed by atoms with Gasteiger partial charge < -0.3 is 5.11 Å². The van der Waals surface area contributed by atoms with Crippen LogP contribution in [0.4, 0.5) is 74.6 Å². The van der Waals surface area contributed by atoms with E-state index >= 15 is 0 Å². The summed E-state index contributed by atoms with van der Waals surface area (Å²) in [5, 5.41) is 0.567. The van der Waals surface area contributed by atoms with Gasteiger partial charge in [-0.2, -0.15) is 78.9 Å². The van der Waals surface area contributed by atoms with E-state index in [1.165, 1.54) is 0 Å². The van der Waals surface area contributed by atoms with Gasteiger partial charge in [-0.1, -0.05) is 6.08 Å². The Hall–Kier alpha value is -2.07. The summed E-state index contributed by atoms with van der Waals surface area (Å²) in [7, 11) is -7.67. The molecule has 23 heteroatoms. The van der Waals surface area contributed by atoms with Gasteiger partial charge in [0.05, 0.1) is 0 Å². The van der Waals surface area contributed by atoms with Crippen LogP contribution in [0.15, 0.2) is 12.7 Å². The molecule has 36 heavy (non-hydrogen) atoms. The van der Waals surface area contributed by atoms with Crippen LogP contribution in [0.5, 0.6) is 0 Å². The third kappa shape index (κ3) is 4.44. The predicted molar refractivity (Wildman–Crippen MR) is 79.0 cm³/mol. The lowest BCUT2D eigenvalue weighted by Gasteiger charge is -2.42. The summed E-state index contributed by atoms with van der Waals surface area (Å²) >= 11 is 0. The topological polar surface area (TPSA) is 74.7 Å². The molecular formula is C13H8F17NO4S. The highest BCUT2D eigenvalue weighted by Crippen LogP contribution is 2.64. The summed E-state index contributed by atoms with van der Waals surface area (Å²) in [5.74, 6) is -54.8. The minimum absolute atomic E-state index is 0.120. The number of aliphatic carboxylic acids is 1. The zero-order valence-corrected chi connectivity index (χ0v) is 17.0. The zero-order chi connectivity index (χ0) is 29.8. The average Bonchev–Trinajstić information content (AvgIpc) is 2.65. The smallest absolute Gasteiger partial charge is 0.460 e. The monoisotopic (exact) mass is 597 g/mol. The summed E-state index contributed by atoms with van der Waals surface area (Å²) in [6.45, 7) is -1.50. The molecule has 0 spiro atoms. The number of hydrogen-bond donors (Lipinski definition) is 1. The maximum atomic E-state index is 14.0. The molecule has 0 aliphatic heterocycles. The highest BCUT2D eigenvalue weighted by Gasteiger charge is 2.96. The fourth-order valence-corrected chi connectivity index (χ4v) is 3.37. The van der Waals surface area contributed by atoms with Gasteiger partial charge >= 0.3 is 52.9 Å². The van der Waals surface area contributed by atoms with Crippen LogP contribution in [-0.4, -0.2) is 83.9 Å². The second kappa shape index (κ2) is 9.04. The highest BCUT2D eigenvalue weighted by molar-refractivity contribution is 7.90. The van der Waals surface area contributed by atoms with E-state index in [1.54, 1.807) is 0 Å². The minimum Gasteiger partial charge on any atom is -0.480 e. The lowest BCUT2D eigenvalue weighted by Crippen LogP contribution is -2.75. The Morgan fingerprint density at radius 3 is 1.25 bits per heavy atom. The molecule has 0 atom stereocenters. The van der Waals surface area contributed by atoms with Crippen molar-refractivity contribution in [1.82, 2.24) is 4.31 Å². The van der Waals surface area contributed by atoms with Crippen LogP contribution in [-0.2, 0) is 14.8 Å². The van der Waals surface area contributed by atoms with Gasteiger partial charge in [-0.25, -0.2) is 8.42 Å². The van der Waals surface area contributed by atoms with E-state index in [0.717, 1.165) is 0 Å². The molecule has 0 saturated heterocycles. The lowest BCUT2D eigenvalue weighted by molar-refractivity contribution is -0.458. The molecule has 0 bridgehead atoms. The van der Waals surface area contributed by atoms with Crippen LogP contribution in [0.2, 0.25) is 0 Å². The van der Waals surface area contributed by atoms with E-state index in [4.69, 9.17) is 5.11 Å². The quantitative estimate of drug-likeness (QED) is 0.258. The molecule has 0 aliphatic carbocycles. The average molecular weight is 597 g/mol. The van der Waals surface area contributed by atoms with Crippen molar-refractivity contribution in [2.45, 2.75) is 47.0 Å². The van der Waals surface area contributed by atoms with E-state index in [2.05, 4.69) is 6.58 Å². The fourth-order valence-electron chi connectivity index (χ4n) is 2.02. The lowest BCUT2D eigenvalue weighted by atomic mass is 9.91. The van der Waals surface area contributed by atoms with Crippen LogP contribution in [0.1, 0.15) is 0 Å². The Morgan fingerprint density at radius 1 is 0.667 bits per heavy atom. The van der Waals surface area contributed by atoms with Crippen LogP contribution in [0, 0.1) is 0 Å². The van der Waals surface area contributed by atoms with Crippen LogP contribution >= 0.6 is 0 Å². The molecule has 0 radical (unpaired) electrons. The second-order valence-electron chi connectivity index (χ2n) is 6.44. The summed E-state index contributed by atoms with van der Waals surface area (Å²) in [6.07, 6.45) is -7.81. The molecule has 1 N–H and O–H groups in total. The van der Waals surface area contributed by atoms with E-state index in [-0.39, 0.29) is 6.08 Å². The molecule has 0 aromatic heterocycles. The summed E-state index contributed by atoms with van der Waals surface area (Å²) in [5.41, 5.74) is 0. The zero-order valence-electron chi connectivity index (χ0n) is 16.2. The molecule has 214 valence electrons. The van der Waals surface area contributed by atoms with Crippen molar-refractivity contribution in [2.24, 2.45) is 0 Å². The molecule has 0 aromatic carbocycles. The molecule has 0 unspecified atom stereocenters. The number of hydrogen-bond acceptors (Lipinski definition) is 3. The molecule has 0 heterocycles. The first-order valence-electron chi connectivity index (χ1n) is 7.91. The van der Waals surface area contributed by atoms with Gasteiger partial charge in [0.2, 0.25) is 0 Å². The van der Waals surface area contributed by atoms with Crippen molar-refractivity contribution >= 4 is 16.0 Å². The number of alkyl halides is 17. The van der Waals surface area contributed by atoms with E-state index in [0.29, 0.717) is 0 Å². The predicted octanol–water partition coefficient (Wildman–Crippen LogP) is 4.86. The van der Waals surface area contributed by atoms with E-state index < -0.39 is 80.4 Å². The molecule has 0 fully saturated rings. The second-order valence-corrected chi connectivity index (χ2v) is 8.42. The number of rotatable bonds is 12. The molecule has 0 aromatic rings. The van der Waals surface area contributed by atoms with Crippen molar-refractivity contribution in [3.05, 3.63) is 12.7 Å². The standard InChI is InChI=1S/C13H8F17NO4S/c1-2-3-31(4-5(32)33)36(34,35)13(29,30)11(24,25)9(20,21)7(16,17)6(14,15)8(18,19)10(22,23)12(26,27)28/h2H,1,3-4H2,(H,32,33). The largest absolute Gasteiger partial charge is 0.480 e. The van der Waals surface area contributed by atoms with Gasteiger partial charge in [-0.05, 0) is 0 Å². The van der Waals surface area contributed by atoms with Gasteiger partial charge in [0, 0.05) is 6.54 Å². The van der Waals surface area contributed by atoms with Crippen LogP contribution < -0.4 is 0 Å². The summed E-state index contributed by atoms with van der Waals surface area (Å²) < 4.78 is 246. The summed E-state index contributed by atoms with van der Waals surface area (Å²) in [6, 6.07) is 0. The first kappa shape index (κ1) is 33.9. The van der Waals surface area contributed by atoms with E-state index in [9.17, 15) is 87.8 Å². The maximum Gasteiger partial charge on any atom is 0.460 e. The van der Waals surface area contributed by atoms with Gasteiger partial charge in [-0.15, -0.1) is 6.58 Å². The van der Waals surface area contributed by atoms with Crippen molar-refractivity contribution in [1.29, 1.82) is 0 Å². The van der Waals surface area contributed by atoms with Crippen molar-refractivity contribution in [2.75, 3.05) is 13.1 Å². The minimum atomic E-state index is -8.96. The SMILES string of the molecule is C=CCN(CC(=O)O)S(=O)(=O)C(F)(F)C(F)(F)C(F)(F)C(F)(F)C(F)(F)C(F)(F)C(F)(F)C(F)(F)F. The highest BCUT2D eigenvalue weighted by atomic mass is 32.2. The number of carbonyl (C=O) groups is 1. The maximum absolute atomic E-state index is 14.0. The van der Waals surface area contributed by atoms with Crippen LogP contribution in [0.3, 0.4) is 0 Å². The van der Waals surface area contributed by atoms with Crippen molar-refractivity contribution in [3.63, 3.8) is 0 Å². The molecule has 0 amide bonds. The van der Waals surface area contributed by atoms with Crippen molar-refractivity contribution in [3.8, 4) is 0 Å². The van der Waals surface area contributed by atoms with Crippen LogP contribution in [0.25, 0.3) is 0 Å². The fraction of sp³-hybridized carbons (Fsp3) is 0.769. The number of nitrogens with zero attached hydrogens (tertiary/aromatic N) is 1. The van der Waals surface area contributed by atoms with E-state index in [1.807, 2.05) is 0 Å². The Morgan fingerprint density at radius 2 is 0.972 bits per heavy atom. The number of halogens is 17. The molecule has 0 rings (SSSR count). The number of sulfonamides is 1.